The van der Waals surface area contributed by atoms with Crippen LogP contribution < -0.4 is 10.5 Å². The topological polar surface area (TPSA) is 59.4 Å². The second kappa shape index (κ2) is 7.88. The summed E-state index contributed by atoms with van der Waals surface area (Å²) in [7, 11) is 0. The Morgan fingerprint density at radius 1 is 1.35 bits per heavy atom. The van der Waals surface area contributed by atoms with Crippen LogP contribution in [-0.4, -0.2) is 29.2 Å². The van der Waals surface area contributed by atoms with Crippen LogP contribution in [0.5, 0.6) is 0 Å². The number of rotatable bonds is 6. The largest absolute Gasteiger partial charge is 0.372 e. The zero-order chi connectivity index (χ0) is 17.9. The Balaban J connectivity index is 1.59. The van der Waals surface area contributed by atoms with E-state index < -0.39 is 0 Å². The van der Waals surface area contributed by atoms with Crippen LogP contribution in [0.3, 0.4) is 0 Å². The number of benzene rings is 1. The molecule has 1 saturated heterocycles. The Bertz CT molecular complexity index is 936. The van der Waals surface area contributed by atoms with Crippen molar-refractivity contribution in [2.75, 3.05) is 13.2 Å². The maximum absolute atomic E-state index is 12.4. The molecule has 1 aliphatic heterocycles. The average Bonchev–Trinajstić information content (AvgIpc) is 3.28. The van der Waals surface area contributed by atoms with Gasteiger partial charge in [0.1, 0.15) is 25.7 Å². The molecule has 136 valence electrons. The van der Waals surface area contributed by atoms with E-state index in [9.17, 15) is 4.79 Å². The summed E-state index contributed by atoms with van der Waals surface area (Å²) in [5.74, 6) is 0.689. The molecule has 2 aromatic heterocycles. The minimum atomic E-state index is -0.116. The highest BCUT2D eigenvalue weighted by atomic mass is 35.5. The van der Waals surface area contributed by atoms with Gasteiger partial charge in [0.15, 0.2) is 5.82 Å². The molecule has 2 atom stereocenters. The summed E-state index contributed by atoms with van der Waals surface area (Å²) >= 11 is 7.82. The molecule has 0 spiro atoms. The molecule has 7 heteroatoms. The smallest absolute Gasteiger partial charge is 0.258 e. The lowest BCUT2D eigenvalue weighted by Gasteiger charge is -2.21. The summed E-state index contributed by atoms with van der Waals surface area (Å²) in [6.45, 7) is 3.31. The van der Waals surface area contributed by atoms with Crippen LogP contribution in [0.1, 0.15) is 23.5 Å². The molecule has 3 aromatic rings. The van der Waals surface area contributed by atoms with Gasteiger partial charge in [0.25, 0.3) is 5.56 Å². The first-order valence-electron chi connectivity index (χ1n) is 8.83. The quantitative estimate of drug-likeness (QED) is 0.679. The molecular formula is C19H21ClN3O2S+. The van der Waals surface area contributed by atoms with Crippen molar-refractivity contribution in [1.29, 1.82) is 0 Å². The highest BCUT2D eigenvalue weighted by Crippen LogP contribution is 2.15. The van der Waals surface area contributed by atoms with E-state index in [0.717, 1.165) is 32.5 Å². The van der Waals surface area contributed by atoms with Gasteiger partial charge in [0.2, 0.25) is 0 Å². The van der Waals surface area contributed by atoms with Gasteiger partial charge in [-0.25, -0.2) is 4.98 Å². The van der Waals surface area contributed by atoms with Crippen molar-refractivity contribution in [3.8, 4) is 0 Å². The fraction of sp³-hybridized carbons (Fsp3) is 0.368. The number of hydrogen-bond donors (Lipinski definition) is 2. The number of fused-ring (bicyclic) bond motifs is 1. The second-order valence-corrected chi connectivity index (χ2v) is 8.16. The molecule has 1 aliphatic rings. The number of nitrogens with zero attached hydrogens (tertiary/aromatic N) is 1. The Morgan fingerprint density at radius 3 is 3.04 bits per heavy atom. The average molecular weight is 391 g/mol. The van der Waals surface area contributed by atoms with Crippen molar-refractivity contribution in [2.45, 2.75) is 32.0 Å². The van der Waals surface area contributed by atoms with Gasteiger partial charge in [-0.1, -0.05) is 17.7 Å². The summed E-state index contributed by atoms with van der Waals surface area (Å²) in [5, 5.41) is 3.25. The van der Waals surface area contributed by atoms with Crippen LogP contribution in [0.2, 0.25) is 5.02 Å². The van der Waals surface area contributed by atoms with Gasteiger partial charge in [0.05, 0.1) is 15.8 Å². The number of hydrogen-bond acceptors (Lipinski definition) is 4. The third-order valence-corrected chi connectivity index (χ3v) is 5.79. The number of halogens is 1. The fourth-order valence-corrected chi connectivity index (χ4v) is 4.42. The summed E-state index contributed by atoms with van der Waals surface area (Å²) < 4.78 is 5.82. The fourth-order valence-electron chi connectivity index (χ4n) is 3.48. The van der Waals surface area contributed by atoms with Gasteiger partial charge in [-0.05, 0) is 42.5 Å². The third-order valence-electron chi connectivity index (χ3n) is 4.68. The summed E-state index contributed by atoms with van der Waals surface area (Å²) in [6, 6.07) is 9.40. The molecular weight excluding hydrogens is 370 g/mol. The number of thiophene rings is 1. The minimum Gasteiger partial charge on any atom is -0.372 e. The Morgan fingerprint density at radius 2 is 2.27 bits per heavy atom. The van der Waals surface area contributed by atoms with E-state index in [1.54, 1.807) is 29.5 Å². The van der Waals surface area contributed by atoms with Crippen molar-refractivity contribution in [3.63, 3.8) is 0 Å². The normalized spacial score (nSPS) is 18.4. The number of ether oxygens (including phenoxy) is 1. The van der Waals surface area contributed by atoms with Crippen molar-refractivity contribution in [3.05, 3.63) is 61.8 Å². The molecule has 0 saturated carbocycles. The zero-order valence-corrected chi connectivity index (χ0v) is 15.9. The molecule has 1 aromatic carbocycles. The number of aromatic nitrogens is 2. The molecule has 4 rings (SSSR count). The summed E-state index contributed by atoms with van der Waals surface area (Å²) in [4.78, 5) is 22.6. The van der Waals surface area contributed by atoms with E-state index >= 15 is 0 Å². The lowest BCUT2D eigenvalue weighted by Crippen LogP contribution is -3.10. The van der Waals surface area contributed by atoms with Gasteiger partial charge in [-0.3, -0.25) is 4.79 Å². The summed E-state index contributed by atoms with van der Waals surface area (Å²) in [6.07, 6.45) is 2.51. The molecule has 0 radical (unpaired) electrons. The van der Waals surface area contributed by atoms with Crippen LogP contribution in [-0.2, 0) is 17.8 Å². The molecule has 1 unspecified atom stereocenters. The SMILES string of the molecule is O=c1[nH]c(C[NH+](Cc2cccs2)C[C@H]2CCCO2)nc2cc(Cl)ccc12. The lowest BCUT2D eigenvalue weighted by molar-refractivity contribution is -0.930. The van der Waals surface area contributed by atoms with E-state index in [4.69, 9.17) is 16.3 Å². The zero-order valence-electron chi connectivity index (χ0n) is 14.3. The highest BCUT2D eigenvalue weighted by Gasteiger charge is 2.23. The van der Waals surface area contributed by atoms with Crippen LogP contribution in [0.4, 0.5) is 0 Å². The van der Waals surface area contributed by atoms with Gasteiger partial charge in [0, 0.05) is 11.6 Å². The first kappa shape index (κ1) is 17.7. The van der Waals surface area contributed by atoms with Crippen molar-refractivity contribution >= 4 is 33.8 Å². The van der Waals surface area contributed by atoms with Crippen LogP contribution >= 0.6 is 22.9 Å². The van der Waals surface area contributed by atoms with Gasteiger partial charge >= 0.3 is 0 Å². The standard InChI is InChI=1S/C19H20ClN3O2S/c20-13-5-6-16-17(9-13)21-18(22-19(16)24)12-23(10-14-3-1-7-25-14)11-15-4-2-8-26-15/h2,4-6,8-9,14H,1,3,7,10-12H2,(H,21,22,24)/p+1/t14-/m1/s1. The monoisotopic (exact) mass is 390 g/mol. The molecule has 0 amide bonds. The van der Waals surface area contributed by atoms with E-state index in [2.05, 4.69) is 27.5 Å². The van der Waals surface area contributed by atoms with E-state index in [-0.39, 0.29) is 11.7 Å². The maximum atomic E-state index is 12.4. The molecule has 26 heavy (non-hydrogen) atoms. The van der Waals surface area contributed by atoms with E-state index in [0.29, 0.717) is 28.3 Å². The Labute approximate surface area is 160 Å². The number of quaternary nitrogens is 1. The Hall–Kier alpha value is -1.73. The molecule has 1 fully saturated rings. The second-order valence-electron chi connectivity index (χ2n) is 6.70. The van der Waals surface area contributed by atoms with Crippen LogP contribution in [0.25, 0.3) is 10.9 Å². The minimum absolute atomic E-state index is 0.116. The van der Waals surface area contributed by atoms with Gasteiger partial charge < -0.3 is 14.6 Å². The first-order valence-corrected chi connectivity index (χ1v) is 10.1. The van der Waals surface area contributed by atoms with Crippen molar-refractivity contribution in [2.24, 2.45) is 0 Å². The molecule has 2 N–H and O–H groups in total. The van der Waals surface area contributed by atoms with E-state index in [1.165, 1.54) is 9.78 Å². The number of aromatic amines is 1. The predicted octanol–water partition coefficient (Wildman–Crippen LogP) is 2.40. The third kappa shape index (κ3) is 4.15. The van der Waals surface area contributed by atoms with Gasteiger partial charge in [-0.15, -0.1) is 11.3 Å². The molecule has 3 heterocycles. The predicted molar refractivity (Wildman–Crippen MR) is 104 cm³/mol. The van der Waals surface area contributed by atoms with Crippen LogP contribution in [0, 0.1) is 0 Å². The van der Waals surface area contributed by atoms with Gasteiger partial charge in [-0.2, -0.15) is 0 Å². The summed E-state index contributed by atoms with van der Waals surface area (Å²) in [5.41, 5.74) is 0.526. The van der Waals surface area contributed by atoms with Crippen molar-refractivity contribution in [1.82, 2.24) is 9.97 Å². The van der Waals surface area contributed by atoms with E-state index in [1.807, 2.05) is 0 Å². The lowest BCUT2D eigenvalue weighted by atomic mass is 10.2. The molecule has 5 nitrogen and oxygen atoms in total. The number of H-pyrrole nitrogens is 1. The highest BCUT2D eigenvalue weighted by molar-refractivity contribution is 7.09. The molecule has 0 aliphatic carbocycles. The van der Waals surface area contributed by atoms with Crippen molar-refractivity contribution < 1.29 is 9.64 Å². The van der Waals surface area contributed by atoms with Crippen LogP contribution in [0.15, 0.2) is 40.5 Å². The maximum Gasteiger partial charge on any atom is 0.258 e. The first-order chi connectivity index (χ1) is 12.7. The molecule has 0 bridgehead atoms. The Kier molecular flexibility index (Phi) is 5.36. The number of nitrogens with one attached hydrogen (secondary N) is 2.